The number of carbonyl (C=O) groups is 1. The van der Waals surface area contributed by atoms with Gasteiger partial charge in [-0.05, 0) is 31.1 Å². The number of hydrogen-bond donors (Lipinski definition) is 1. The van der Waals surface area contributed by atoms with Gasteiger partial charge >= 0.3 is 0 Å². The SMILES string of the molecule is CC1=CC[C@@H]2C(=O)C[C@@H](O)C[C@H]1C2(C)C. The third-order valence-electron chi connectivity index (χ3n) is 4.35. The maximum absolute atomic E-state index is 12.0. The smallest absolute Gasteiger partial charge is 0.139 e. The second kappa shape index (κ2) is 3.44. The second-order valence-electron chi connectivity index (χ2n) is 5.67. The second-order valence-corrected chi connectivity index (χ2v) is 5.67. The van der Waals surface area contributed by atoms with Gasteiger partial charge in [-0.15, -0.1) is 0 Å². The van der Waals surface area contributed by atoms with Gasteiger partial charge in [-0.2, -0.15) is 0 Å². The minimum Gasteiger partial charge on any atom is -0.393 e. The van der Waals surface area contributed by atoms with Gasteiger partial charge in [0.15, 0.2) is 0 Å². The molecule has 2 aliphatic carbocycles. The van der Waals surface area contributed by atoms with E-state index in [-0.39, 0.29) is 17.1 Å². The Hall–Kier alpha value is -0.630. The summed E-state index contributed by atoms with van der Waals surface area (Å²) >= 11 is 0. The molecule has 1 N–H and O–H groups in total. The molecule has 2 rings (SSSR count). The number of ketones is 1. The van der Waals surface area contributed by atoms with Crippen LogP contribution in [0.5, 0.6) is 0 Å². The van der Waals surface area contributed by atoms with Crippen molar-refractivity contribution in [3.05, 3.63) is 11.6 Å². The van der Waals surface area contributed by atoms with Crippen molar-refractivity contribution >= 4 is 5.78 Å². The fourth-order valence-electron chi connectivity index (χ4n) is 3.35. The van der Waals surface area contributed by atoms with E-state index in [4.69, 9.17) is 0 Å². The quantitative estimate of drug-likeness (QED) is 0.620. The molecule has 15 heavy (non-hydrogen) atoms. The molecule has 0 saturated heterocycles. The molecule has 0 aromatic heterocycles. The van der Waals surface area contributed by atoms with Crippen LogP contribution in [0.15, 0.2) is 11.6 Å². The molecule has 0 spiro atoms. The predicted octanol–water partition coefficient (Wildman–Crippen LogP) is 2.32. The van der Waals surface area contributed by atoms with E-state index >= 15 is 0 Å². The Morgan fingerprint density at radius 3 is 2.73 bits per heavy atom. The van der Waals surface area contributed by atoms with Crippen molar-refractivity contribution in [1.82, 2.24) is 0 Å². The fraction of sp³-hybridized carbons (Fsp3) is 0.769. The number of allylic oxidation sites excluding steroid dienone is 2. The van der Waals surface area contributed by atoms with Crippen molar-refractivity contribution in [2.75, 3.05) is 0 Å². The summed E-state index contributed by atoms with van der Waals surface area (Å²) in [6.07, 6.45) is 3.72. The van der Waals surface area contributed by atoms with E-state index in [2.05, 4.69) is 26.8 Å². The highest BCUT2D eigenvalue weighted by Gasteiger charge is 2.46. The summed E-state index contributed by atoms with van der Waals surface area (Å²) in [4.78, 5) is 12.0. The van der Waals surface area contributed by atoms with Crippen LogP contribution in [-0.4, -0.2) is 17.0 Å². The summed E-state index contributed by atoms with van der Waals surface area (Å²) in [6.45, 7) is 6.48. The summed E-state index contributed by atoms with van der Waals surface area (Å²) in [5, 5.41) is 9.81. The molecule has 0 unspecified atom stereocenters. The number of Topliss-reactive ketones (excluding diaryl/α,β-unsaturated/α-hetero) is 1. The van der Waals surface area contributed by atoms with Gasteiger partial charge < -0.3 is 5.11 Å². The molecule has 2 nitrogen and oxygen atoms in total. The summed E-state index contributed by atoms with van der Waals surface area (Å²) in [6, 6.07) is 0. The molecule has 0 heterocycles. The van der Waals surface area contributed by atoms with E-state index in [9.17, 15) is 9.90 Å². The summed E-state index contributed by atoms with van der Waals surface area (Å²) in [5.74, 6) is 0.736. The molecule has 2 bridgehead atoms. The number of aliphatic hydroxyl groups excluding tert-OH is 1. The number of rotatable bonds is 0. The molecule has 0 aliphatic heterocycles. The average Bonchev–Trinajstić information content (AvgIpc) is 2.16. The fourth-order valence-corrected chi connectivity index (χ4v) is 3.35. The van der Waals surface area contributed by atoms with Crippen molar-refractivity contribution in [1.29, 1.82) is 0 Å². The third kappa shape index (κ3) is 1.65. The highest BCUT2D eigenvalue weighted by Crippen LogP contribution is 2.49. The topological polar surface area (TPSA) is 37.3 Å². The number of hydrogen-bond acceptors (Lipinski definition) is 2. The first kappa shape index (κ1) is 10.9. The van der Waals surface area contributed by atoms with Crippen LogP contribution in [0.1, 0.15) is 40.0 Å². The van der Waals surface area contributed by atoms with Crippen LogP contribution in [0.3, 0.4) is 0 Å². The Balaban J connectivity index is 2.43. The Bertz CT molecular complexity index is 314. The Morgan fingerprint density at radius 1 is 1.40 bits per heavy atom. The predicted molar refractivity (Wildman–Crippen MR) is 59.4 cm³/mol. The van der Waals surface area contributed by atoms with Crippen LogP contribution >= 0.6 is 0 Å². The third-order valence-corrected chi connectivity index (χ3v) is 4.35. The molecule has 1 fully saturated rings. The lowest BCUT2D eigenvalue weighted by Crippen LogP contribution is -2.38. The zero-order chi connectivity index (χ0) is 11.2. The van der Waals surface area contributed by atoms with E-state index in [1.807, 2.05) is 0 Å². The van der Waals surface area contributed by atoms with Crippen molar-refractivity contribution in [3.63, 3.8) is 0 Å². The molecule has 3 atom stereocenters. The van der Waals surface area contributed by atoms with Gasteiger partial charge in [-0.1, -0.05) is 25.5 Å². The van der Waals surface area contributed by atoms with Crippen LogP contribution in [0.25, 0.3) is 0 Å². The Labute approximate surface area is 91.4 Å². The first-order valence-corrected chi connectivity index (χ1v) is 5.80. The lowest BCUT2D eigenvalue weighted by molar-refractivity contribution is -0.127. The first-order chi connectivity index (χ1) is 6.93. The minimum atomic E-state index is -0.437. The molecule has 0 aromatic carbocycles. The molecule has 0 amide bonds. The Kier molecular flexibility index (Phi) is 2.50. The zero-order valence-electron chi connectivity index (χ0n) is 9.79. The van der Waals surface area contributed by atoms with Gasteiger partial charge in [0.25, 0.3) is 0 Å². The molecule has 0 radical (unpaired) electrons. The normalized spacial score (nSPS) is 39.6. The minimum absolute atomic E-state index is 0.0212. The molecule has 84 valence electrons. The first-order valence-electron chi connectivity index (χ1n) is 5.80. The molecule has 1 saturated carbocycles. The molecular formula is C13H20O2. The summed E-state index contributed by atoms with van der Waals surface area (Å²) in [7, 11) is 0. The van der Waals surface area contributed by atoms with E-state index in [0.29, 0.717) is 12.3 Å². The Morgan fingerprint density at radius 2 is 2.07 bits per heavy atom. The van der Waals surface area contributed by atoms with Gasteiger partial charge in [0, 0.05) is 12.3 Å². The van der Waals surface area contributed by atoms with Crippen LogP contribution in [-0.2, 0) is 4.79 Å². The van der Waals surface area contributed by atoms with Crippen molar-refractivity contribution in [2.24, 2.45) is 17.3 Å². The van der Waals surface area contributed by atoms with E-state index in [1.165, 1.54) is 5.57 Å². The standard InChI is InChI=1S/C13H20O2/c1-8-4-5-10-12(15)7-9(14)6-11(8)13(10,2)3/h4,9-11,14H,5-7H2,1-3H3/t9-,10+,11+/m0/s1. The average molecular weight is 208 g/mol. The highest BCUT2D eigenvalue weighted by molar-refractivity contribution is 5.83. The lowest BCUT2D eigenvalue weighted by atomic mass is 9.61. The van der Waals surface area contributed by atoms with E-state index < -0.39 is 6.10 Å². The van der Waals surface area contributed by atoms with Crippen molar-refractivity contribution in [3.8, 4) is 0 Å². The maximum atomic E-state index is 12.0. The van der Waals surface area contributed by atoms with E-state index in [0.717, 1.165) is 12.8 Å². The largest absolute Gasteiger partial charge is 0.393 e. The highest BCUT2D eigenvalue weighted by atomic mass is 16.3. The van der Waals surface area contributed by atoms with Gasteiger partial charge in [0.1, 0.15) is 5.78 Å². The summed E-state index contributed by atoms with van der Waals surface area (Å²) in [5.41, 5.74) is 1.37. The van der Waals surface area contributed by atoms with Crippen LogP contribution in [0.4, 0.5) is 0 Å². The van der Waals surface area contributed by atoms with Gasteiger partial charge in [-0.25, -0.2) is 0 Å². The van der Waals surface area contributed by atoms with E-state index in [1.54, 1.807) is 0 Å². The van der Waals surface area contributed by atoms with Crippen LogP contribution in [0, 0.1) is 17.3 Å². The van der Waals surface area contributed by atoms with Gasteiger partial charge in [-0.3, -0.25) is 4.79 Å². The van der Waals surface area contributed by atoms with Crippen LogP contribution < -0.4 is 0 Å². The van der Waals surface area contributed by atoms with Gasteiger partial charge in [0.2, 0.25) is 0 Å². The molecule has 0 aromatic rings. The maximum Gasteiger partial charge on any atom is 0.139 e. The summed E-state index contributed by atoms with van der Waals surface area (Å²) < 4.78 is 0. The number of carbonyl (C=O) groups excluding carboxylic acids is 1. The monoisotopic (exact) mass is 208 g/mol. The lowest BCUT2D eigenvalue weighted by Gasteiger charge is -2.42. The zero-order valence-corrected chi connectivity index (χ0v) is 9.79. The molecular weight excluding hydrogens is 188 g/mol. The van der Waals surface area contributed by atoms with Crippen LogP contribution in [0.2, 0.25) is 0 Å². The number of aliphatic hydroxyl groups is 1. The van der Waals surface area contributed by atoms with Crippen molar-refractivity contribution in [2.45, 2.75) is 46.1 Å². The van der Waals surface area contributed by atoms with Crippen molar-refractivity contribution < 1.29 is 9.90 Å². The number of fused-ring (bicyclic) bond motifs is 2. The van der Waals surface area contributed by atoms with Gasteiger partial charge in [0.05, 0.1) is 6.10 Å². The molecule has 2 aliphatic rings. The molecule has 2 heteroatoms.